The molecule has 2 unspecified atom stereocenters. The van der Waals surface area contributed by atoms with Crippen molar-refractivity contribution in [1.29, 1.82) is 0 Å². The smallest absolute Gasteiger partial charge is 0.348 e. The summed E-state index contributed by atoms with van der Waals surface area (Å²) in [5.74, 6) is -1.91. The Labute approximate surface area is 234 Å². The number of benzene rings is 2. The van der Waals surface area contributed by atoms with Crippen molar-refractivity contribution in [2.75, 3.05) is 0 Å². The summed E-state index contributed by atoms with van der Waals surface area (Å²) in [6.45, 7) is 2.22. The van der Waals surface area contributed by atoms with Gasteiger partial charge in [-0.05, 0) is 98.4 Å². The lowest BCUT2D eigenvalue weighted by Crippen LogP contribution is -2.48. The minimum absolute atomic E-state index is 0.119. The second kappa shape index (κ2) is 10.1. The highest BCUT2D eigenvalue weighted by atomic mass is 32.2. The maximum Gasteiger partial charge on any atom is 0.426 e. The van der Waals surface area contributed by atoms with E-state index in [1.807, 2.05) is 0 Å². The SMILES string of the molecule is CC(NC(=O)c1ccncn1)[C@@H]1CC[C@@]2(S(=O)(=O)c3ccc(F)cc3)c3ccc(C(C)(F)C(F)(F)F)cc3CC[C@@H]12. The van der Waals surface area contributed by atoms with Crippen LogP contribution >= 0.6 is 0 Å². The third-order valence-corrected chi connectivity index (χ3v) is 11.3. The largest absolute Gasteiger partial charge is 0.426 e. The third kappa shape index (κ3) is 4.69. The fraction of sp³-hybridized carbons (Fsp3) is 0.414. The molecule has 1 fully saturated rings. The van der Waals surface area contributed by atoms with Gasteiger partial charge in [0, 0.05) is 12.2 Å². The molecule has 2 aliphatic rings. The molecular formula is C29H28F5N3O3S. The molecule has 2 aliphatic carbocycles. The van der Waals surface area contributed by atoms with E-state index in [2.05, 4.69) is 15.3 Å². The number of hydrogen-bond donors (Lipinski definition) is 1. The van der Waals surface area contributed by atoms with Crippen molar-refractivity contribution in [2.24, 2.45) is 11.8 Å². The fourth-order valence-electron chi connectivity index (χ4n) is 6.59. The van der Waals surface area contributed by atoms with Crippen LogP contribution in [-0.4, -0.2) is 36.5 Å². The van der Waals surface area contributed by atoms with Crippen LogP contribution in [0, 0.1) is 17.7 Å². The van der Waals surface area contributed by atoms with Crippen molar-refractivity contribution in [2.45, 2.75) is 67.1 Å². The molecule has 218 valence electrons. The van der Waals surface area contributed by atoms with Crippen molar-refractivity contribution in [1.82, 2.24) is 15.3 Å². The summed E-state index contributed by atoms with van der Waals surface area (Å²) < 4.78 is 96.5. The molecule has 0 bridgehead atoms. The summed E-state index contributed by atoms with van der Waals surface area (Å²) in [6.07, 6.45) is -1.48. The van der Waals surface area contributed by atoms with Crippen molar-refractivity contribution >= 4 is 15.7 Å². The van der Waals surface area contributed by atoms with Gasteiger partial charge in [0.15, 0.2) is 9.84 Å². The van der Waals surface area contributed by atoms with Gasteiger partial charge in [-0.25, -0.2) is 27.2 Å². The quantitative estimate of drug-likeness (QED) is 0.287. The molecule has 0 saturated heterocycles. The van der Waals surface area contributed by atoms with Crippen molar-refractivity contribution in [3.8, 4) is 0 Å². The molecule has 1 heterocycles. The highest BCUT2D eigenvalue weighted by molar-refractivity contribution is 7.92. The normalized spacial score (nSPS) is 24.6. The third-order valence-electron chi connectivity index (χ3n) is 8.74. The molecule has 0 spiro atoms. The summed E-state index contributed by atoms with van der Waals surface area (Å²) in [7, 11) is -4.23. The van der Waals surface area contributed by atoms with Gasteiger partial charge in [0.05, 0.1) is 4.90 Å². The molecule has 41 heavy (non-hydrogen) atoms. The Balaban J connectivity index is 1.60. The van der Waals surface area contributed by atoms with E-state index in [1.54, 1.807) is 6.92 Å². The number of carbonyl (C=O) groups is 1. The average Bonchev–Trinajstić information content (AvgIpc) is 3.35. The van der Waals surface area contributed by atoms with Crippen molar-refractivity contribution in [3.63, 3.8) is 0 Å². The first-order valence-electron chi connectivity index (χ1n) is 13.2. The minimum atomic E-state index is -5.16. The Morgan fingerprint density at radius 1 is 1.07 bits per heavy atom. The summed E-state index contributed by atoms with van der Waals surface area (Å²) in [6, 6.07) is 8.83. The lowest BCUT2D eigenvalue weighted by atomic mass is 9.71. The minimum Gasteiger partial charge on any atom is -0.348 e. The lowest BCUT2D eigenvalue weighted by Gasteiger charge is -2.43. The second-order valence-corrected chi connectivity index (χ2v) is 13.1. The highest BCUT2D eigenvalue weighted by Crippen LogP contribution is 2.60. The zero-order valence-electron chi connectivity index (χ0n) is 22.3. The molecule has 6 nitrogen and oxygen atoms in total. The van der Waals surface area contributed by atoms with Gasteiger partial charge in [-0.15, -0.1) is 0 Å². The van der Waals surface area contributed by atoms with Crippen LogP contribution in [0.3, 0.4) is 0 Å². The fourth-order valence-corrected chi connectivity index (χ4v) is 9.07. The first-order valence-corrected chi connectivity index (χ1v) is 14.6. The summed E-state index contributed by atoms with van der Waals surface area (Å²) in [4.78, 5) is 20.5. The Morgan fingerprint density at radius 3 is 2.41 bits per heavy atom. The van der Waals surface area contributed by atoms with Crippen LogP contribution < -0.4 is 5.32 Å². The van der Waals surface area contributed by atoms with E-state index in [0.717, 1.165) is 24.3 Å². The Kier molecular flexibility index (Phi) is 7.20. The molecule has 5 rings (SSSR count). The maximum atomic E-state index is 14.9. The number of amides is 1. The topological polar surface area (TPSA) is 89.0 Å². The standard InChI is InChI=1S/C29H28F5N3O3S/c1-17(37-26(38)25-12-14-35-16-36-25)22-11-13-28(41(39,40)21-7-5-20(30)6-8-21)23-10-4-19(27(2,31)29(32,33)34)15-18(23)3-9-24(22)28/h4-8,10,12,14-17,22,24H,3,9,11,13H2,1-2H3,(H,37,38)/t17?,22-,24-,27?,28+/m0/s1. The molecule has 1 N–H and O–H groups in total. The van der Waals surface area contributed by atoms with Crippen LogP contribution in [0.15, 0.2) is 66.0 Å². The molecule has 1 amide bonds. The number of aryl methyl sites for hydroxylation is 1. The van der Waals surface area contributed by atoms with Gasteiger partial charge >= 0.3 is 6.18 Å². The van der Waals surface area contributed by atoms with Gasteiger partial charge in [-0.2, -0.15) is 13.2 Å². The van der Waals surface area contributed by atoms with E-state index < -0.39 is 55.7 Å². The van der Waals surface area contributed by atoms with Gasteiger partial charge in [-0.1, -0.05) is 18.2 Å². The van der Waals surface area contributed by atoms with Gasteiger partial charge in [0.2, 0.25) is 5.67 Å². The zero-order valence-corrected chi connectivity index (χ0v) is 23.1. The van der Waals surface area contributed by atoms with E-state index in [9.17, 15) is 35.2 Å². The first kappa shape index (κ1) is 29.1. The number of alkyl halides is 4. The summed E-state index contributed by atoms with van der Waals surface area (Å²) in [5, 5.41) is 2.91. The van der Waals surface area contributed by atoms with Crippen LogP contribution in [0.1, 0.15) is 60.3 Å². The van der Waals surface area contributed by atoms with E-state index in [-0.39, 0.29) is 35.8 Å². The molecule has 0 aliphatic heterocycles. The lowest BCUT2D eigenvalue weighted by molar-refractivity contribution is -0.228. The number of hydrogen-bond acceptors (Lipinski definition) is 5. The summed E-state index contributed by atoms with van der Waals surface area (Å²) in [5.41, 5.74) is -3.43. The Morgan fingerprint density at radius 2 is 1.78 bits per heavy atom. The average molecular weight is 594 g/mol. The molecule has 2 aromatic carbocycles. The number of halogens is 5. The molecule has 5 atom stereocenters. The predicted molar refractivity (Wildman–Crippen MR) is 140 cm³/mol. The molecule has 0 radical (unpaired) electrons. The van der Waals surface area contributed by atoms with Crippen LogP contribution in [0.25, 0.3) is 0 Å². The molecule has 1 saturated carbocycles. The zero-order chi connectivity index (χ0) is 29.8. The number of aromatic nitrogens is 2. The summed E-state index contributed by atoms with van der Waals surface area (Å²) >= 11 is 0. The van der Waals surface area contributed by atoms with Crippen molar-refractivity contribution < 1.29 is 35.2 Å². The van der Waals surface area contributed by atoms with Crippen LogP contribution in [0.4, 0.5) is 22.0 Å². The number of sulfone groups is 1. The van der Waals surface area contributed by atoms with Crippen LogP contribution in [0.2, 0.25) is 0 Å². The number of carbonyl (C=O) groups excluding carboxylic acids is 1. The number of fused-ring (bicyclic) bond motifs is 3. The number of rotatable bonds is 6. The van der Waals surface area contributed by atoms with E-state index in [4.69, 9.17) is 0 Å². The number of nitrogens with one attached hydrogen (secondary N) is 1. The van der Waals surface area contributed by atoms with Crippen LogP contribution in [-0.2, 0) is 26.7 Å². The van der Waals surface area contributed by atoms with Gasteiger partial charge in [0.25, 0.3) is 5.91 Å². The van der Waals surface area contributed by atoms with Crippen LogP contribution in [0.5, 0.6) is 0 Å². The van der Waals surface area contributed by atoms with Gasteiger partial charge in [-0.3, -0.25) is 4.79 Å². The predicted octanol–water partition coefficient (Wildman–Crippen LogP) is 5.82. The molecule has 3 aromatic rings. The second-order valence-electron chi connectivity index (χ2n) is 10.9. The highest BCUT2D eigenvalue weighted by Gasteiger charge is 2.61. The van der Waals surface area contributed by atoms with E-state index in [0.29, 0.717) is 24.5 Å². The van der Waals surface area contributed by atoms with E-state index >= 15 is 0 Å². The van der Waals surface area contributed by atoms with Crippen molar-refractivity contribution in [3.05, 3.63) is 89.3 Å². The Hall–Kier alpha value is -3.41. The maximum absolute atomic E-state index is 14.9. The monoisotopic (exact) mass is 593 g/mol. The number of nitrogens with zero attached hydrogens (tertiary/aromatic N) is 2. The van der Waals surface area contributed by atoms with Gasteiger partial charge < -0.3 is 5.32 Å². The molecule has 12 heteroatoms. The van der Waals surface area contributed by atoms with Gasteiger partial charge in [0.1, 0.15) is 22.6 Å². The Bertz CT molecular complexity index is 1560. The van der Waals surface area contributed by atoms with E-state index in [1.165, 1.54) is 36.8 Å². The first-order chi connectivity index (χ1) is 19.2. The molecule has 1 aromatic heterocycles. The molecular weight excluding hydrogens is 565 g/mol.